The molecule has 4 rings (SSSR count). The molecule has 2 aromatic heterocycles. The highest BCUT2D eigenvalue weighted by Gasteiger charge is 2.32. The van der Waals surface area contributed by atoms with Gasteiger partial charge in [0.25, 0.3) is 0 Å². The molecule has 6 nitrogen and oxygen atoms in total. The minimum absolute atomic E-state index is 0.0711. The van der Waals surface area contributed by atoms with E-state index in [9.17, 15) is 14.7 Å². The molecule has 0 radical (unpaired) electrons. The van der Waals surface area contributed by atoms with Crippen LogP contribution in [0.3, 0.4) is 0 Å². The van der Waals surface area contributed by atoms with Gasteiger partial charge in [-0.1, -0.05) is 18.2 Å². The lowest BCUT2D eigenvalue weighted by Gasteiger charge is -2.21. The van der Waals surface area contributed by atoms with Crippen molar-refractivity contribution in [1.82, 2.24) is 4.57 Å². The minimum Gasteiger partial charge on any atom is -0.501 e. The van der Waals surface area contributed by atoms with Gasteiger partial charge in [0, 0.05) is 23.7 Å². The number of carbonyl (C=O) groups excluding carboxylic acids is 1. The molecule has 0 aliphatic carbocycles. The van der Waals surface area contributed by atoms with Crippen LogP contribution in [0, 0.1) is 0 Å². The molecule has 0 bridgehead atoms. The van der Waals surface area contributed by atoms with Crippen LogP contribution in [0.5, 0.6) is 5.75 Å². The summed E-state index contributed by atoms with van der Waals surface area (Å²) < 4.78 is 8.03. The number of methoxy groups -OCH3 is 1. The molecule has 0 unspecified atom stereocenters. The van der Waals surface area contributed by atoms with Crippen LogP contribution < -0.4 is 10.1 Å². The summed E-state index contributed by atoms with van der Waals surface area (Å²) in [7, 11) is 1.27. The number of aromatic nitrogens is 2. The largest absolute Gasteiger partial charge is 0.501 e. The van der Waals surface area contributed by atoms with Gasteiger partial charge in [-0.15, -0.1) is 0 Å². The number of ether oxygens (including phenoxy) is 1. The van der Waals surface area contributed by atoms with Crippen molar-refractivity contribution in [2.75, 3.05) is 7.11 Å². The second kappa shape index (κ2) is 6.29. The van der Waals surface area contributed by atoms with Gasteiger partial charge < -0.3 is 14.4 Å². The summed E-state index contributed by atoms with van der Waals surface area (Å²) in [4.78, 5) is 25.4. The number of hydrogen-bond acceptors (Lipinski definition) is 4. The zero-order valence-electron chi connectivity index (χ0n) is 14.4. The first-order chi connectivity index (χ1) is 12.6. The number of nitrogens with zero attached hydrogens (tertiary/aromatic N) is 2. The Bertz CT molecular complexity index is 1090. The van der Waals surface area contributed by atoms with E-state index in [2.05, 4.69) is 0 Å². The normalized spacial score (nSPS) is 13.4. The maximum Gasteiger partial charge on any atom is 0.343 e. The molecule has 0 fully saturated rings. The summed E-state index contributed by atoms with van der Waals surface area (Å²) >= 11 is 0. The van der Waals surface area contributed by atoms with Gasteiger partial charge in [0.05, 0.1) is 7.11 Å². The number of benzene rings is 1. The van der Waals surface area contributed by atoms with E-state index in [0.717, 1.165) is 23.6 Å². The lowest BCUT2D eigenvalue weighted by atomic mass is 10.0. The quantitative estimate of drug-likeness (QED) is 0.567. The topological polar surface area (TPSA) is 72.4 Å². The smallest absolute Gasteiger partial charge is 0.343 e. The number of rotatable bonds is 2. The molecule has 3 aromatic rings. The van der Waals surface area contributed by atoms with E-state index in [0.29, 0.717) is 18.7 Å². The summed E-state index contributed by atoms with van der Waals surface area (Å²) in [5.41, 5.74) is 0.408. The van der Waals surface area contributed by atoms with Crippen molar-refractivity contribution in [2.24, 2.45) is 0 Å². The maximum atomic E-state index is 13.1. The van der Waals surface area contributed by atoms with Gasteiger partial charge in [-0.05, 0) is 30.7 Å². The van der Waals surface area contributed by atoms with E-state index in [1.54, 1.807) is 21.5 Å². The Morgan fingerprint density at radius 1 is 1.19 bits per heavy atom. The summed E-state index contributed by atoms with van der Waals surface area (Å²) in [5.74, 6) is -0.953. The van der Waals surface area contributed by atoms with Crippen LogP contribution in [-0.4, -0.2) is 22.8 Å². The molecule has 0 spiro atoms. The first-order valence-electron chi connectivity index (χ1n) is 8.59. The van der Waals surface area contributed by atoms with Crippen molar-refractivity contribution in [3.8, 4) is 11.4 Å². The Morgan fingerprint density at radius 2 is 1.96 bits per heavy atom. The maximum absolute atomic E-state index is 13.1. The lowest BCUT2D eigenvalue weighted by molar-refractivity contribution is -0.596. The van der Waals surface area contributed by atoms with Gasteiger partial charge in [0.1, 0.15) is 5.56 Å². The van der Waals surface area contributed by atoms with Crippen molar-refractivity contribution in [3.05, 3.63) is 64.3 Å². The molecule has 1 N–H and O–H groups in total. The summed E-state index contributed by atoms with van der Waals surface area (Å²) in [6.07, 6.45) is 5.79. The Kier molecular flexibility index (Phi) is 3.95. The van der Waals surface area contributed by atoms with Gasteiger partial charge >= 0.3 is 17.2 Å². The van der Waals surface area contributed by atoms with Gasteiger partial charge in [0.15, 0.2) is 12.4 Å². The fourth-order valence-electron chi connectivity index (χ4n) is 3.62. The first-order valence-corrected chi connectivity index (χ1v) is 8.59. The van der Waals surface area contributed by atoms with Crippen LogP contribution in [0.15, 0.2) is 47.5 Å². The van der Waals surface area contributed by atoms with Crippen molar-refractivity contribution >= 4 is 16.7 Å². The van der Waals surface area contributed by atoms with Crippen molar-refractivity contribution in [1.29, 1.82) is 0 Å². The number of hydrogen-bond donors (Lipinski definition) is 1. The molecule has 3 heterocycles. The molecule has 0 saturated carbocycles. The average molecular weight is 351 g/mol. The number of pyridine rings is 2. The van der Waals surface area contributed by atoms with E-state index in [1.807, 2.05) is 30.3 Å². The van der Waals surface area contributed by atoms with Gasteiger partial charge in [0.2, 0.25) is 5.75 Å². The van der Waals surface area contributed by atoms with Gasteiger partial charge in [-0.25, -0.2) is 4.79 Å². The average Bonchev–Trinajstić information content (AvgIpc) is 2.68. The molecule has 0 saturated heterocycles. The third-order valence-corrected chi connectivity index (χ3v) is 4.91. The molecule has 132 valence electrons. The highest BCUT2D eigenvalue weighted by atomic mass is 16.5. The minimum atomic E-state index is -0.629. The molecule has 0 amide bonds. The number of carbonyl (C=O) groups is 1. The Balaban J connectivity index is 2.04. The second-order valence-corrected chi connectivity index (χ2v) is 6.41. The zero-order chi connectivity index (χ0) is 18.3. The fraction of sp³-hybridized carbons (Fsp3) is 0.250. The number of aromatic hydroxyl groups is 1. The molecule has 26 heavy (non-hydrogen) atoms. The van der Waals surface area contributed by atoms with Crippen LogP contribution >= 0.6 is 0 Å². The van der Waals surface area contributed by atoms with Crippen molar-refractivity contribution in [2.45, 2.75) is 25.8 Å². The van der Waals surface area contributed by atoms with Gasteiger partial charge in [-0.3, -0.25) is 4.79 Å². The predicted octanol–water partition coefficient (Wildman–Crippen LogP) is 2.11. The second-order valence-electron chi connectivity index (χ2n) is 6.41. The van der Waals surface area contributed by atoms with E-state index in [1.165, 1.54) is 7.11 Å². The lowest BCUT2D eigenvalue weighted by Crippen LogP contribution is -2.42. The van der Waals surface area contributed by atoms with Crippen LogP contribution in [0.1, 0.15) is 28.9 Å². The third kappa shape index (κ3) is 2.45. The summed E-state index contributed by atoms with van der Waals surface area (Å²) in [6, 6.07) is 9.62. The highest BCUT2D eigenvalue weighted by molar-refractivity contribution is 5.94. The Morgan fingerprint density at radius 3 is 2.73 bits per heavy atom. The van der Waals surface area contributed by atoms with E-state index < -0.39 is 5.97 Å². The highest BCUT2D eigenvalue weighted by Crippen LogP contribution is 2.28. The Labute approximate surface area is 149 Å². The molecular weight excluding hydrogens is 332 g/mol. The van der Waals surface area contributed by atoms with Crippen LogP contribution in [0.25, 0.3) is 16.5 Å². The van der Waals surface area contributed by atoms with E-state index in [-0.39, 0.29) is 22.6 Å². The van der Waals surface area contributed by atoms with Crippen molar-refractivity contribution < 1.29 is 19.2 Å². The molecule has 6 heteroatoms. The third-order valence-electron chi connectivity index (χ3n) is 4.91. The van der Waals surface area contributed by atoms with E-state index in [4.69, 9.17) is 4.74 Å². The molecule has 0 atom stereocenters. The first kappa shape index (κ1) is 16.3. The summed E-state index contributed by atoms with van der Waals surface area (Å²) in [5, 5.41) is 12.8. The monoisotopic (exact) mass is 351 g/mol. The van der Waals surface area contributed by atoms with Crippen LogP contribution in [0.4, 0.5) is 0 Å². The van der Waals surface area contributed by atoms with Crippen LogP contribution in [0.2, 0.25) is 0 Å². The number of esters is 1. The fourth-order valence-corrected chi connectivity index (χ4v) is 3.62. The van der Waals surface area contributed by atoms with Crippen molar-refractivity contribution in [3.63, 3.8) is 0 Å². The number of fused-ring (bicyclic) bond motifs is 2. The van der Waals surface area contributed by atoms with Crippen LogP contribution in [-0.2, 0) is 17.7 Å². The zero-order valence-corrected chi connectivity index (χ0v) is 14.4. The standard InChI is InChI=1S/C20H18N2O4/c1-26-20(25)16-15-8-4-5-10-22(15)19(24)17(18(16)23)21-11-9-13-6-2-3-7-14(13)12-21/h2-3,6-7,9,11-12H,4-5,8,10H2,1H3/p+1. The molecule has 1 aliphatic rings. The molecular formula is C20H19N2O4+. The predicted molar refractivity (Wildman–Crippen MR) is 95.7 cm³/mol. The summed E-state index contributed by atoms with van der Waals surface area (Å²) in [6.45, 7) is 0.527. The molecule has 1 aromatic carbocycles. The molecule has 1 aliphatic heterocycles. The Hall–Kier alpha value is -3.15. The SMILES string of the molecule is COC(=O)c1c(O)c(-[n+]2ccc3ccccc3c2)c(=O)n2c1CCCC2. The van der Waals surface area contributed by atoms with E-state index >= 15 is 0 Å². The van der Waals surface area contributed by atoms with Gasteiger partial charge in [-0.2, -0.15) is 4.57 Å².